The molecule has 1 aliphatic rings. The molecule has 0 heterocycles. The van der Waals surface area contributed by atoms with Crippen LogP contribution in [-0.4, -0.2) is 12.3 Å². The van der Waals surface area contributed by atoms with Gasteiger partial charge in [-0.3, -0.25) is 0 Å². The van der Waals surface area contributed by atoms with Crippen molar-refractivity contribution in [2.45, 2.75) is 31.6 Å². The average molecular weight is 106 g/mol. The SMILES string of the molecule is F[C@@H]1CC[C@H](F)C1. The first-order valence-corrected chi connectivity index (χ1v) is 2.57. The van der Waals surface area contributed by atoms with Crippen LogP contribution in [0.1, 0.15) is 19.3 Å². The van der Waals surface area contributed by atoms with Crippen LogP contribution in [0.15, 0.2) is 0 Å². The number of rotatable bonds is 0. The van der Waals surface area contributed by atoms with Gasteiger partial charge >= 0.3 is 0 Å². The maximum atomic E-state index is 11.9. The summed E-state index contributed by atoms with van der Waals surface area (Å²) in [7, 11) is 0. The third-order valence-corrected chi connectivity index (χ3v) is 1.30. The van der Waals surface area contributed by atoms with Gasteiger partial charge in [0.1, 0.15) is 12.3 Å². The smallest absolute Gasteiger partial charge is 0.103 e. The Hall–Kier alpha value is -0.140. The number of hydrogen-bond acceptors (Lipinski definition) is 0. The normalized spacial score (nSPS) is 42.0. The topological polar surface area (TPSA) is 0 Å². The summed E-state index contributed by atoms with van der Waals surface area (Å²) in [5, 5.41) is 0. The molecule has 0 spiro atoms. The zero-order chi connectivity index (χ0) is 5.28. The molecule has 7 heavy (non-hydrogen) atoms. The highest BCUT2D eigenvalue weighted by Crippen LogP contribution is 2.23. The van der Waals surface area contributed by atoms with Gasteiger partial charge in [0, 0.05) is 6.42 Å². The van der Waals surface area contributed by atoms with Gasteiger partial charge in [-0.05, 0) is 12.8 Å². The zero-order valence-electron chi connectivity index (χ0n) is 4.03. The highest BCUT2D eigenvalue weighted by atomic mass is 19.1. The standard InChI is InChI=1S/C5H8F2/c6-4-1-2-5(7)3-4/h4-5H,1-3H2/t4-,5+. The molecule has 0 aromatic carbocycles. The van der Waals surface area contributed by atoms with Gasteiger partial charge in [-0.2, -0.15) is 0 Å². The van der Waals surface area contributed by atoms with Crippen LogP contribution in [-0.2, 0) is 0 Å². The highest BCUT2D eigenvalue weighted by Gasteiger charge is 2.22. The van der Waals surface area contributed by atoms with Crippen molar-refractivity contribution in [1.82, 2.24) is 0 Å². The van der Waals surface area contributed by atoms with Crippen LogP contribution in [0.25, 0.3) is 0 Å². The molecule has 2 heteroatoms. The molecule has 0 amide bonds. The van der Waals surface area contributed by atoms with Crippen LogP contribution in [0.3, 0.4) is 0 Å². The summed E-state index contributed by atoms with van der Waals surface area (Å²) in [5.41, 5.74) is 0. The molecule has 1 rings (SSSR count). The highest BCUT2D eigenvalue weighted by molar-refractivity contribution is 4.73. The van der Waals surface area contributed by atoms with Crippen LogP contribution in [0.4, 0.5) is 8.78 Å². The second-order valence-corrected chi connectivity index (χ2v) is 2.01. The summed E-state index contributed by atoms with van der Waals surface area (Å²) in [4.78, 5) is 0. The van der Waals surface area contributed by atoms with E-state index in [0.29, 0.717) is 12.8 Å². The second kappa shape index (κ2) is 1.76. The lowest BCUT2D eigenvalue weighted by Crippen LogP contribution is -1.92. The summed E-state index contributed by atoms with van der Waals surface area (Å²) in [6, 6.07) is 0. The van der Waals surface area contributed by atoms with E-state index < -0.39 is 12.3 Å². The molecule has 2 atom stereocenters. The largest absolute Gasteiger partial charge is 0.247 e. The van der Waals surface area contributed by atoms with Crippen molar-refractivity contribution in [3.63, 3.8) is 0 Å². The molecule has 0 aliphatic heterocycles. The fourth-order valence-electron chi connectivity index (χ4n) is 0.875. The number of halogens is 2. The molecule has 42 valence electrons. The third-order valence-electron chi connectivity index (χ3n) is 1.30. The van der Waals surface area contributed by atoms with Crippen molar-refractivity contribution in [2.75, 3.05) is 0 Å². The minimum atomic E-state index is -0.852. The van der Waals surface area contributed by atoms with Crippen LogP contribution in [0, 0.1) is 0 Å². The van der Waals surface area contributed by atoms with E-state index in [4.69, 9.17) is 0 Å². The molecule has 1 fully saturated rings. The number of alkyl halides is 2. The summed E-state index contributed by atoms with van der Waals surface area (Å²) in [6.45, 7) is 0. The Morgan fingerprint density at radius 2 is 1.43 bits per heavy atom. The van der Waals surface area contributed by atoms with Gasteiger partial charge in [-0.25, -0.2) is 8.78 Å². The van der Waals surface area contributed by atoms with Gasteiger partial charge in [-0.1, -0.05) is 0 Å². The van der Waals surface area contributed by atoms with Crippen LogP contribution >= 0.6 is 0 Å². The Morgan fingerprint density at radius 1 is 1.00 bits per heavy atom. The maximum Gasteiger partial charge on any atom is 0.103 e. The minimum absolute atomic E-state index is 0.139. The van der Waals surface area contributed by atoms with Gasteiger partial charge in [0.25, 0.3) is 0 Å². The molecule has 0 saturated heterocycles. The maximum absolute atomic E-state index is 11.9. The van der Waals surface area contributed by atoms with Gasteiger partial charge in [0.2, 0.25) is 0 Å². The lowest BCUT2D eigenvalue weighted by molar-refractivity contribution is 0.292. The second-order valence-electron chi connectivity index (χ2n) is 2.01. The fraction of sp³-hybridized carbons (Fsp3) is 1.00. The minimum Gasteiger partial charge on any atom is -0.247 e. The van der Waals surface area contributed by atoms with E-state index in [-0.39, 0.29) is 6.42 Å². The van der Waals surface area contributed by atoms with Gasteiger partial charge in [-0.15, -0.1) is 0 Å². The monoisotopic (exact) mass is 106 g/mol. The molecule has 0 bridgehead atoms. The Balaban J connectivity index is 2.26. The van der Waals surface area contributed by atoms with Gasteiger partial charge < -0.3 is 0 Å². The summed E-state index contributed by atoms with van der Waals surface area (Å²) < 4.78 is 23.9. The Labute approximate surface area is 41.5 Å². The predicted octanol–water partition coefficient (Wildman–Crippen LogP) is 1.85. The average Bonchev–Trinajstić information content (AvgIpc) is 1.87. The molecular formula is C5H8F2. The van der Waals surface area contributed by atoms with Crippen molar-refractivity contribution in [2.24, 2.45) is 0 Å². The summed E-state index contributed by atoms with van der Waals surface area (Å²) in [5.74, 6) is 0. The Bertz CT molecular complexity index is 55.1. The number of hydrogen-bond donors (Lipinski definition) is 0. The summed E-state index contributed by atoms with van der Waals surface area (Å²) >= 11 is 0. The predicted molar refractivity (Wildman–Crippen MR) is 23.6 cm³/mol. The molecule has 0 N–H and O–H groups in total. The Morgan fingerprint density at radius 3 is 1.57 bits per heavy atom. The molecule has 0 radical (unpaired) electrons. The van der Waals surface area contributed by atoms with Crippen LogP contribution in [0.2, 0.25) is 0 Å². The van der Waals surface area contributed by atoms with E-state index in [0.717, 1.165) is 0 Å². The van der Waals surface area contributed by atoms with E-state index in [9.17, 15) is 8.78 Å². The summed E-state index contributed by atoms with van der Waals surface area (Å²) in [6.07, 6.45) is -0.701. The van der Waals surface area contributed by atoms with E-state index in [1.807, 2.05) is 0 Å². The van der Waals surface area contributed by atoms with Gasteiger partial charge in [0.05, 0.1) is 0 Å². The zero-order valence-corrected chi connectivity index (χ0v) is 4.03. The van der Waals surface area contributed by atoms with Crippen LogP contribution in [0.5, 0.6) is 0 Å². The van der Waals surface area contributed by atoms with Crippen LogP contribution < -0.4 is 0 Å². The Kier molecular flexibility index (Phi) is 1.26. The van der Waals surface area contributed by atoms with E-state index in [1.54, 1.807) is 0 Å². The first-order valence-electron chi connectivity index (χ1n) is 2.57. The van der Waals surface area contributed by atoms with E-state index >= 15 is 0 Å². The van der Waals surface area contributed by atoms with Crippen molar-refractivity contribution in [3.8, 4) is 0 Å². The molecule has 0 aromatic heterocycles. The lowest BCUT2D eigenvalue weighted by Gasteiger charge is -1.90. The quantitative estimate of drug-likeness (QED) is 0.442. The van der Waals surface area contributed by atoms with Crippen molar-refractivity contribution >= 4 is 0 Å². The first kappa shape index (κ1) is 5.01. The molecule has 1 aliphatic carbocycles. The molecule has 0 unspecified atom stereocenters. The van der Waals surface area contributed by atoms with Crippen molar-refractivity contribution in [1.29, 1.82) is 0 Å². The van der Waals surface area contributed by atoms with Crippen molar-refractivity contribution < 1.29 is 8.78 Å². The van der Waals surface area contributed by atoms with Gasteiger partial charge in [0.15, 0.2) is 0 Å². The molecule has 0 aromatic rings. The molecule has 0 nitrogen and oxygen atoms in total. The first-order chi connectivity index (χ1) is 3.29. The van der Waals surface area contributed by atoms with E-state index in [1.165, 1.54) is 0 Å². The third kappa shape index (κ3) is 1.11. The van der Waals surface area contributed by atoms with Crippen molar-refractivity contribution in [3.05, 3.63) is 0 Å². The fourth-order valence-corrected chi connectivity index (χ4v) is 0.875. The molecular weight excluding hydrogens is 98.1 g/mol. The lowest BCUT2D eigenvalue weighted by atomic mass is 10.3. The van der Waals surface area contributed by atoms with E-state index in [2.05, 4.69) is 0 Å². The molecule has 1 saturated carbocycles.